The Morgan fingerprint density at radius 1 is 1.09 bits per heavy atom. The fourth-order valence-corrected chi connectivity index (χ4v) is 3.00. The SMILES string of the molecule is CCn1c(CC2COc3ccccc3O2)nc2ccccc21. The Morgan fingerprint density at radius 3 is 2.73 bits per heavy atom. The van der Waals surface area contributed by atoms with E-state index in [9.17, 15) is 0 Å². The Hall–Kier alpha value is -2.49. The third-order valence-corrected chi connectivity index (χ3v) is 4.03. The van der Waals surface area contributed by atoms with E-state index in [0.717, 1.165) is 35.8 Å². The predicted octanol–water partition coefficient (Wildman–Crippen LogP) is 3.44. The van der Waals surface area contributed by atoms with Gasteiger partial charge in [0, 0.05) is 13.0 Å². The molecule has 2 aromatic carbocycles. The molecule has 4 nitrogen and oxygen atoms in total. The molecule has 1 unspecified atom stereocenters. The normalized spacial score (nSPS) is 16.9. The highest BCUT2D eigenvalue weighted by Crippen LogP contribution is 2.31. The lowest BCUT2D eigenvalue weighted by molar-refractivity contribution is 0.0893. The molecule has 112 valence electrons. The number of nitrogens with zero attached hydrogens (tertiary/aromatic N) is 2. The highest BCUT2D eigenvalue weighted by Gasteiger charge is 2.23. The molecule has 0 aliphatic carbocycles. The monoisotopic (exact) mass is 294 g/mol. The van der Waals surface area contributed by atoms with Gasteiger partial charge in [0.05, 0.1) is 11.0 Å². The standard InChI is InChI=1S/C18H18N2O2/c1-2-20-15-8-4-3-7-14(15)19-18(20)11-13-12-21-16-9-5-6-10-17(16)22-13/h3-10,13H,2,11-12H2,1H3. The fraction of sp³-hybridized carbons (Fsp3) is 0.278. The Bertz CT molecular complexity index is 810. The Morgan fingerprint density at radius 2 is 1.86 bits per heavy atom. The molecule has 4 heteroatoms. The van der Waals surface area contributed by atoms with Crippen LogP contribution in [-0.4, -0.2) is 22.3 Å². The molecule has 0 bridgehead atoms. The number of aryl methyl sites for hydroxylation is 1. The van der Waals surface area contributed by atoms with E-state index in [-0.39, 0.29) is 6.10 Å². The van der Waals surface area contributed by atoms with Crippen molar-refractivity contribution in [2.24, 2.45) is 0 Å². The number of rotatable bonds is 3. The van der Waals surface area contributed by atoms with Crippen LogP contribution in [0.5, 0.6) is 11.5 Å². The second-order valence-corrected chi connectivity index (χ2v) is 5.46. The second-order valence-electron chi connectivity index (χ2n) is 5.46. The zero-order chi connectivity index (χ0) is 14.9. The molecular weight excluding hydrogens is 276 g/mol. The van der Waals surface area contributed by atoms with E-state index in [2.05, 4.69) is 29.7 Å². The number of benzene rings is 2. The van der Waals surface area contributed by atoms with Gasteiger partial charge in [-0.05, 0) is 31.2 Å². The summed E-state index contributed by atoms with van der Waals surface area (Å²) in [7, 11) is 0. The molecule has 2 heterocycles. The summed E-state index contributed by atoms with van der Waals surface area (Å²) in [6.07, 6.45) is 0.744. The molecule has 0 radical (unpaired) electrons. The first-order valence-corrected chi connectivity index (χ1v) is 7.68. The smallest absolute Gasteiger partial charge is 0.161 e. The molecule has 0 amide bonds. The van der Waals surface area contributed by atoms with Crippen molar-refractivity contribution in [1.29, 1.82) is 0 Å². The van der Waals surface area contributed by atoms with Crippen LogP contribution in [0.15, 0.2) is 48.5 Å². The van der Waals surface area contributed by atoms with Gasteiger partial charge in [-0.3, -0.25) is 0 Å². The van der Waals surface area contributed by atoms with Gasteiger partial charge in [0.15, 0.2) is 11.5 Å². The quantitative estimate of drug-likeness (QED) is 0.742. The van der Waals surface area contributed by atoms with Crippen molar-refractivity contribution >= 4 is 11.0 Å². The van der Waals surface area contributed by atoms with Gasteiger partial charge in [0.25, 0.3) is 0 Å². The highest BCUT2D eigenvalue weighted by atomic mass is 16.6. The lowest BCUT2D eigenvalue weighted by Gasteiger charge is -2.26. The number of aromatic nitrogens is 2. The molecule has 22 heavy (non-hydrogen) atoms. The molecule has 4 rings (SSSR count). The molecule has 1 aromatic heterocycles. The number of hydrogen-bond acceptors (Lipinski definition) is 3. The van der Waals surface area contributed by atoms with Gasteiger partial charge in [-0.1, -0.05) is 24.3 Å². The maximum Gasteiger partial charge on any atom is 0.161 e. The van der Waals surface area contributed by atoms with Crippen molar-refractivity contribution in [3.63, 3.8) is 0 Å². The third kappa shape index (κ3) is 2.21. The van der Waals surface area contributed by atoms with Crippen molar-refractivity contribution < 1.29 is 9.47 Å². The van der Waals surface area contributed by atoms with Crippen molar-refractivity contribution in [3.05, 3.63) is 54.4 Å². The Kier molecular flexibility index (Phi) is 3.22. The first-order chi connectivity index (χ1) is 10.8. The topological polar surface area (TPSA) is 36.3 Å². The summed E-state index contributed by atoms with van der Waals surface area (Å²) in [4.78, 5) is 4.76. The van der Waals surface area contributed by atoms with E-state index in [1.807, 2.05) is 30.3 Å². The molecule has 1 aliphatic rings. The average Bonchev–Trinajstić information content (AvgIpc) is 2.91. The summed E-state index contributed by atoms with van der Waals surface area (Å²) in [5, 5.41) is 0. The Balaban J connectivity index is 1.62. The minimum atomic E-state index is -0.00277. The summed E-state index contributed by atoms with van der Waals surface area (Å²) in [6, 6.07) is 16.1. The number of imidazole rings is 1. The number of para-hydroxylation sites is 4. The average molecular weight is 294 g/mol. The van der Waals surface area contributed by atoms with Gasteiger partial charge in [0.2, 0.25) is 0 Å². The van der Waals surface area contributed by atoms with Gasteiger partial charge < -0.3 is 14.0 Å². The number of ether oxygens (including phenoxy) is 2. The van der Waals surface area contributed by atoms with Crippen LogP contribution in [0.1, 0.15) is 12.7 Å². The molecule has 0 fully saturated rings. The van der Waals surface area contributed by atoms with Crippen LogP contribution in [0.2, 0.25) is 0 Å². The molecule has 0 N–H and O–H groups in total. The van der Waals surface area contributed by atoms with Crippen molar-refractivity contribution in [3.8, 4) is 11.5 Å². The molecule has 1 atom stereocenters. The molecule has 1 aliphatic heterocycles. The fourth-order valence-electron chi connectivity index (χ4n) is 3.00. The molecular formula is C18H18N2O2. The van der Waals surface area contributed by atoms with Gasteiger partial charge in [-0.15, -0.1) is 0 Å². The number of hydrogen-bond donors (Lipinski definition) is 0. The first-order valence-electron chi connectivity index (χ1n) is 7.68. The van der Waals surface area contributed by atoms with E-state index < -0.39 is 0 Å². The maximum atomic E-state index is 6.05. The minimum absolute atomic E-state index is 0.00277. The summed E-state index contributed by atoms with van der Waals surface area (Å²) in [5.74, 6) is 2.69. The highest BCUT2D eigenvalue weighted by molar-refractivity contribution is 5.75. The van der Waals surface area contributed by atoms with E-state index in [0.29, 0.717) is 6.61 Å². The van der Waals surface area contributed by atoms with E-state index in [1.54, 1.807) is 0 Å². The molecule has 0 saturated heterocycles. The summed E-state index contributed by atoms with van der Waals surface area (Å²) in [6.45, 7) is 3.61. The molecule has 3 aromatic rings. The molecule has 0 spiro atoms. The van der Waals surface area contributed by atoms with Crippen molar-refractivity contribution in [2.45, 2.75) is 26.0 Å². The predicted molar refractivity (Wildman–Crippen MR) is 85.5 cm³/mol. The van der Waals surface area contributed by atoms with E-state index >= 15 is 0 Å². The lowest BCUT2D eigenvalue weighted by atomic mass is 10.2. The van der Waals surface area contributed by atoms with Gasteiger partial charge >= 0.3 is 0 Å². The van der Waals surface area contributed by atoms with Crippen LogP contribution >= 0.6 is 0 Å². The van der Waals surface area contributed by atoms with Crippen LogP contribution < -0.4 is 9.47 Å². The van der Waals surface area contributed by atoms with Crippen LogP contribution in [0.3, 0.4) is 0 Å². The maximum absolute atomic E-state index is 6.05. The van der Waals surface area contributed by atoms with Gasteiger partial charge in [0.1, 0.15) is 18.5 Å². The van der Waals surface area contributed by atoms with Gasteiger partial charge in [-0.25, -0.2) is 4.98 Å². The first kappa shape index (κ1) is 13.2. The van der Waals surface area contributed by atoms with E-state index in [1.165, 1.54) is 5.52 Å². The van der Waals surface area contributed by atoms with E-state index in [4.69, 9.17) is 14.5 Å². The largest absolute Gasteiger partial charge is 0.486 e. The number of fused-ring (bicyclic) bond motifs is 2. The van der Waals surface area contributed by atoms with Crippen LogP contribution in [-0.2, 0) is 13.0 Å². The minimum Gasteiger partial charge on any atom is -0.486 e. The zero-order valence-electron chi connectivity index (χ0n) is 12.5. The van der Waals surface area contributed by atoms with Crippen LogP contribution in [0.4, 0.5) is 0 Å². The lowest BCUT2D eigenvalue weighted by Crippen LogP contribution is -2.32. The summed E-state index contributed by atoms with van der Waals surface area (Å²) in [5.41, 5.74) is 2.22. The third-order valence-electron chi connectivity index (χ3n) is 4.03. The summed E-state index contributed by atoms with van der Waals surface area (Å²) < 4.78 is 14.1. The zero-order valence-corrected chi connectivity index (χ0v) is 12.5. The second kappa shape index (κ2) is 5.37. The summed E-state index contributed by atoms with van der Waals surface area (Å²) >= 11 is 0. The van der Waals surface area contributed by atoms with Crippen LogP contribution in [0.25, 0.3) is 11.0 Å². The van der Waals surface area contributed by atoms with Gasteiger partial charge in [-0.2, -0.15) is 0 Å². The Labute approximate surface area is 129 Å². The van der Waals surface area contributed by atoms with Crippen LogP contribution in [0, 0.1) is 0 Å². The van der Waals surface area contributed by atoms with Crippen molar-refractivity contribution in [2.75, 3.05) is 6.61 Å². The van der Waals surface area contributed by atoms with Crippen molar-refractivity contribution in [1.82, 2.24) is 9.55 Å². The molecule has 0 saturated carbocycles.